The Bertz CT molecular complexity index is 1040. The Morgan fingerprint density at radius 1 is 1.20 bits per heavy atom. The lowest BCUT2D eigenvalue weighted by atomic mass is 10.2. The maximum atomic E-state index is 13.4. The molecule has 2 aromatic rings. The van der Waals surface area contributed by atoms with Crippen molar-refractivity contribution in [2.45, 2.75) is 47.6 Å². The second kappa shape index (κ2) is 12.6. The summed E-state index contributed by atoms with van der Waals surface area (Å²) in [6.45, 7) is 4.61. The predicted molar refractivity (Wildman–Crippen MR) is 135 cm³/mol. The summed E-state index contributed by atoms with van der Waals surface area (Å²) in [5.41, 5.74) is 6.17. The van der Waals surface area contributed by atoms with Crippen molar-refractivity contribution in [3.8, 4) is 0 Å². The first-order chi connectivity index (χ1) is 16.6. The number of thioether (sulfide) groups is 1. The van der Waals surface area contributed by atoms with Crippen molar-refractivity contribution in [3.63, 3.8) is 0 Å². The number of nitrogen functional groups attached to an aromatic ring is 1. The van der Waals surface area contributed by atoms with Gasteiger partial charge in [-0.3, -0.25) is 0 Å². The Morgan fingerprint density at radius 3 is 2.49 bits per heavy atom. The number of rotatable bonds is 11. The number of nitrogens with zero attached hydrogens (tertiary/aromatic N) is 1. The third-order valence-corrected chi connectivity index (χ3v) is 8.33. The number of carbonyl (C=O) groups is 1. The number of hydrogen-bond donors (Lipinski definition) is 3. The van der Waals surface area contributed by atoms with Crippen LogP contribution in [0.5, 0.6) is 0 Å². The van der Waals surface area contributed by atoms with Crippen LogP contribution >= 0.6 is 11.8 Å². The van der Waals surface area contributed by atoms with Crippen LogP contribution in [-0.4, -0.2) is 67.8 Å². The van der Waals surface area contributed by atoms with Gasteiger partial charge in [-0.05, 0) is 42.3 Å². The van der Waals surface area contributed by atoms with Gasteiger partial charge in [-0.15, -0.1) is 0 Å². The van der Waals surface area contributed by atoms with Crippen molar-refractivity contribution in [2.24, 2.45) is 5.92 Å². The highest BCUT2D eigenvalue weighted by atomic mass is 32.2. The molecule has 0 aromatic heterocycles. The van der Waals surface area contributed by atoms with Gasteiger partial charge in [0.25, 0.3) is 0 Å². The van der Waals surface area contributed by atoms with Gasteiger partial charge in [-0.25, -0.2) is 13.2 Å². The third kappa shape index (κ3) is 8.11. The standard InChI is InChI=1S/C24H33N3O6S2/c1-17(2)14-27(35(30,31)21-10-8-18(25)9-11-21)15-22(28)23(34-20-6-4-3-5-7-20)26-24(29)33-19-12-13-32-16-19/h3-11,17,19,22-23,28H,12-16,25H2,1-2H3,(H,26,29)/t19-,22+,23+/m0/s1. The van der Waals surface area contributed by atoms with Gasteiger partial charge < -0.3 is 25.6 Å². The van der Waals surface area contributed by atoms with Crippen LogP contribution in [0.15, 0.2) is 64.4 Å². The number of hydrogen-bond acceptors (Lipinski definition) is 8. The lowest BCUT2D eigenvalue weighted by Gasteiger charge is -2.30. The number of amides is 1. The second-order valence-electron chi connectivity index (χ2n) is 8.74. The van der Waals surface area contributed by atoms with Gasteiger partial charge in [-0.2, -0.15) is 4.31 Å². The first-order valence-corrected chi connectivity index (χ1v) is 13.8. The molecule has 2 aromatic carbocycles. The molecule has 35 heavy (non-hydrogen) atoms. The summed E-state index contributed by atoms with van der Waals surface area (Å²) in [6, 6.07) is 15.2. The molecule has 0 radical (unpaired) electrons. The molecule has 1 fully saturated rings. The number of alkyl carbamates (subject to hydrolysis) is 1. The highest BCUT2D eigenvalue weighted by Gasteiger charge is 2.32. The lowest BCUT2D eigenvalue weighted by Crippen LogP contribution is -2.49. The Balaban J connectivity index is 1.80. The molecule has 0 aliphatic carbocycles. The summed E-state index contributed by atoms with van der Waals surface area (Å²) in [7, 11) is -3.91. The maximum absolute atomic E-state index is 13.4. The molecule has 1 saturated heterocycles. The molecule has 192 valence electrons. The fourth-order valence-electron chi connectivity index (χ4n) is 3.53. The van der Waals surface area contributed by atoms with Crippen LogP contribution in [0.25, 0.3) is 0 Å². The minimum atomic E-state index is -3.91. The average Bonchev–Trinajstić information content (AvgIpc) is 3.31. The summed E-state index contributed by atoms with van der Waals surface area (Å²) in [5, 5.41) is 13.0. The molecule has 1 aliphatic rings. The van der Waals surface area contributed by atoms with E-state index in [9.17, 15) is 18.3 Å². The number of nitrogens with two attached hydrogens (primary N) is 1. The van der Waals surface area contributed by atoms with E-state index in [0.29, 0.717) is 25.3 Å². The van der Waals surface area contributed by atoms with Crippen LogP contribution in [0.1, 0.15) is 20.3 Å². The third-order valence-electron chi connectivity index (χ3n) is 5.25. The van der Waals surface area contributed by atoms with E-state index in [4.69, 9.17) is 15.2 Å². The monoisotopic (exact) mass is 523 g/mol. The SMILES string of the molecule is CC(C)CN(C[C@@H](O)[C@H](NC(=O)O[C@H]1CCOC1)Sc1ccccc1)S(=O)(=O)c1ccc(N)cc1. The number of carbonyl (C=O) groups excluding carboxylic acids is 1. The van der Waals surface area contributed by atoms with Gasteiger partial charge in [0, 0.05) is 30.1 Å². The van der Waals surface area contributed by atoms with E-state index in [-0.39, 0.29) is 30.0 Å². The fraction of sp³-hybridized carbons (Fsp3) is 0.458. The molecule has 0 bridgehead atoms. The molecule has 1 aliphatic heterocycles. The molecule has 9 nitrogen and oxygen atoms in total. The largest absolute Gasteiger partial charge is 0.444 e. The zero-order chi connectivity index (χ0) is 25.4. The number of sulfonamides is 1. The zero-order valence-electron chi connectivity index (χ0n) is 19.9. The minimum absolute atomic E-state index is 0.00581. The molecule has 0 unspecified atom stereocenters. The van der Waals surface area contributed by atoms with Gasteiger partial charge in [-0.1, -0.05) is 43.8 Å². The number of aliphatic hydroxyl groups excluding tert-OH is 1. The molecule has 4 N–H and O–H groups in total. The van der Waals surface area contributed by atoms with E-state index in [1.807, 2.05) is 44.2 Å². The summed E-state index contributed by atoms with van der Waals surface area (Å²) in [6.07, 6.45) is -1.66. The Morgan fingerprint density at radius 2 is 1.89 bits per heavy atom. The Kier molecular flexibility index (Phi) is 9.81. The van der Waals surface area contributed by atoms with E-state index in [0.717, 1.165) is 4.90 Å². The molecular formula is C24H33N3O6S2. The molecule has 0 saturated carbocycles. The van der Waals surface area contributed by atoms with Crippen LogP contribution in [0, 0.1) is 5.92 Å². The Labute approximate surface area is 211 Å². The number of nitrogens with one attached hydrogen (secondary N) is 1. The number of anilines is 1. The van der Waals surface area contributed by atoms with Crippen molar-refractivity contribution in [1.29, 1.82) is 0 Å². The van der Waals surface area contributed by atoms with Crippen molar-refractivity contribution in [1.82, 2.24) is 9.62 Å². The van der Waals surface area contributed by atoms with Gasteiger partial charge in [0.1, 0.15) is 11.5 Å². The van der Waals surface area contributed by atoms with Gasteiger partial charge >= 0.3 is 6.09 Å². The topological polar surface area (TPSA) is 131 Å². The highest BCUT2D eigenvalue weighted by molar-refractivity contribution is 8.00. The van der Waals surface area contributed by atoms with E-state index in [2.05, 4.69) is 5.32 Å². The highest BCUT2D eigenvalue weighted by Crippen LogP contribution is 2.26. The maximum Gasteiger partial charge on any atom is 0.408 e. The average molecular weight is 524 g/mol. The van der Waals surface area contributed by atoms with E-state index < -0.39 is 27.6 Å². The fourth-order valence-corrected chi connectivity index (χ4v) is 6.16. The van der Waals surface area contributed by atoms with Crippen LogP contribution in [0.3, 0.4) is 0 Å². The number of aliphatic hydroxyl groups is 1. The van der Waals surface area contributed by atoms with E-state index in [1.165, 1.54) is 40.3 Å². The molecule has 1 heterocycles. The Hall–Kier alpha value is -2.31. The van der Waals surface area contributed by atoms with Crippen molar-refractivity contribution >= 4 is 33.6 Å². The van der Waals surface area contributed by atoms with Crippen molar-refractivity contribution < 1.29 is 27.8 Å². The van der Waals surface area contributed by atoms with Gasteiger partial charge in [0.05, 0.1) is 24.2 Å². The summed E-state index contributed by atoms with van der Waals surface area (Å²) in [5.74, 6) is 0.00581. The predicted octanol–water partition coefficient (Wildman–Crippen LogP) is 2.91. The van der Waals surface area contributed by atoms with Crippen molar-refractivity contribution in [3.05, 3.63) is 54.6 Å². The molecule has 3 rings (SSSR count). The molecule has 3 atom stereocenters. The molecule has 1 amide bonds. The summed E-state index contributed by atoms with van der Waals surface area (Å²) in [4.78, 5) is 13.4. The zero-order valence-corrected chi connectivity index (χ0v) is 21.5. The van der Waals surface area contributed by atoms with Crippen LogP contribution in [-0.2, 0) is 19.5 Å². The summed E-state index contributed by atoms with van der Waals surface area (Å²) >= 11 is 1.22. The van der Waals surface area contributed by atoms with E-state index in [1.54, 1.807) is 0 Å². The van der Waals surface area contributed by atoms with Crippen LogP contribution in [0.2, 0.25) is 0 Å². The molecular weight excluding hydrogens is 490 g/mol. The smallest absolute Gasteiger partial charge is 0.408 e. The lowest BCUT2D eigenvalue weighted by molar-refractivity contribution is 0.0743. The van der Waals surface area contributed by atoms with Crippen LogP contribution in [0.4, 0.5) is 10.5 Å². The summed E-state index contributed by atoms with van der Waals surface area (Å²) < 4.78 is 38.7. The second-order valence-corrected chi connectivity index (χ2v) is 11.9. The van der Waals surface area contributed by atoms with Gasteiger partial charge in [0.15, 0.2) is 0 Å². The molecule has 11 heteroatoms. The first-order valence-electron chi connectivity index (χ1n) is 11.5. The first kappa shape index (κ1) is 27.3. The minimum Gasteiger partial charge on any atom is -0.444 e. The van der Waals surface area contributed by atoms with Gasteiger partial charge in [0.2, 0.25) is 10.0 Å². The molecule has 0 spiro atoms. The van der Waals surface area contributed by atoms with Crippen molar-refractivity contribution in [2.75, 3.05) is 32.0 Å². The van der Waals surface area contributed by atoms with E-state index >= 15 is 0 Å². The normalized spacial score (nSPS) is 17.9. The number of benzene rings is 2. The number of ether oxygens (including phenoxy) is 2. The van der Waals surface area contributed by atoms with Crippen LogP contribution < -0.4 is 11.1 Å². The quantitative estimate of drug-likeness (QED) is 0.233.